The molecule has 5 heteroatoms. The van der Waals surface area contributed by atoms with Gasteiger partial charge in [0.25, 0.3) is 0 Å². The molecule has 0 aliphatic heterocycles. The predicted octanol–water partition coefficient (Wildman–Crippen LogP) is 7.76. The first kappa shape index (κ1) is 24.8. The highest BCUT2D eigenvalue weighted by Crippen LogP contribution is 2.41. The minimum atomic E-state index is -0.676. The summed E-state index contributed by atoms with van der Waals surface area (Å²) in [5.41, 5.74) is 1.79. The second-order valence-electron chi connectivity index (χ2n) is 9.87. The average molecular weight is 473 g/mol. The Bertz CT molecular complexity index is 987. The summed E-state index contributed by atoms with van der Waals surface area (Å²) in [7, 11) is 0. The van der Waals surface area contributed by atoms with Crippen LogP contribution in [0.1, 0.15) is 86.8 Å². The van der Waals surface area contributed by atoms with E-state index < -0.39 is 11.6 Å². The van der Waals surface area contributed by atoms with Gasteiger partial charge in [-0.3, -0.25) is 0 Å². The third-order valence-electron chi connectivity index (χ3n) is 7.72. The Balaban J connectivity index is 1.35. The molecule has 4 rings (SSSR count). The van der Waals surface area contributed by atoms with Crippen LogP contribution < -0.4 is 4.74 Å². The molecule has 0 bridgehead atoms. The van der Waals surface area contributed by atoms with Gasteiger partial charge in [-0.1, -0.05) is 30.4 Å². The number of allylic oxidation sites excluding steroid dienone is 1. The summed E-state index contributed by atoms with van der Waals surface area (Å²) in [6, 6.07) is 8.56. The van der Waals surface area contributed by atoms with E-state index in [1.165, 1.54) is 6.07 Å². The third kappa shape index (κ3) is 5.68. The van der Waals surface area contributed by atoms with E-state index in [-0.39, 0.29) is 30.0 Å². The first-order chi connectivity index (χ1) is 16.5. The van der Waals surface area contributed by atoms with Gasteiger partial charge >= 0.3 is 0 Å². The van der Waals surface area contributed by atoms with Crippen LogP contribution >= 0.6 is 0 Å². The van der Waals surface area contributed by atoms with Gasteiger partial charge in [0, 0.05) is 6.61 Å². The minimum absolute atomic E-state index is 0.0289. The summed E-state index contributed by atoms with van der Waals surface area (Å²) in [6.45, 7) is 2.43. The van der Waals surface area contributed by atoms with Gasteiger partial charge < -0.3 is 9.84 Å². The van der Waals surface area contributed by atoms with Crippen molar-refractivity contribution in [3.63, 3.8) is 0 Å². The molecular weight excluding hydrogens is 437 g/mol. The zero-order valence-electron chi connectivity index (χ0n) is 19.9. The molecule has 184 valence electrons. The molecule has 2 fully saturated rings. The molecule has 2 aromatic carbocycles. The van der Waals surface area contributed by atoms with Crippen molar-refractivity contribution in [2.24, 2.45) is 11.8 Å². The van der Waals surface area contributed by atoms with Crippen LogP contribution in [-0.2, 0) is 0 Å². The summed E-state index contributed by atoms with van der Waals surface area (Å²) in [4.78, 5) is 0. The number of ether oxygens (including phenoxy) is 1. The van der Waals surface area contributed by atoms with Crippen LogP contribution in [0.25, 0.3) is 6.08 Å². The number of aliphatic hydroxyl groups excluding tert-OH is 1. The van der Waals surface area contributed by atoms with Gasteiger partial charge in [0.15, 0.2) is 23.2 Å². The van der Waals surface area contributed by atoms with Gasteiger partial charge in [0.05, 0.1) is 6.61 Å². The van der Waals surface area contributed by atoms with Gasteiger partial charge in [0.1, 0.15) is 0 Å². The normalized spacial score (nSPS) is 25.6. The van der Waals surface area contributed by atoms with Gasteiger partial charge in [-0.15, -0.1) is 0 Å². The van der Waals surface area contributed by atoms with E-state index in [0.29, 0.717) is 29.6 Å². The summed E-state index contributed by atoms with van der Waals surface area (Å²) < 4.78 is 49.4. The molecule has 0 amide bonds. The van der Waals surface area contributed by atoms with Gasteiger partial charge in [-0.2, -0.15) is 0 Å². The van der Waals surface area contributed by atoms with Crippen molar-refractivity contribution in [2.45, 2.75) is 70.1 Å². The lowest BCUT2D eigenvalue weighted by molar-refractivity contribution is 0.181. The molecule has 2 aromatic rings. The van der Waals surface area contributed by atoms with Crippen LogP contribution in [0.3, 0.4) is 0 Å². The van der Waals surface area contributed by atoms with Crippen molar-refractivity contribution in [2.75, 3.05) is 13.2 Å². The monoisotopic (exact) mass is 472 g/mol. The van der Waals surface area contributed by atoms with E-state index in [1.807, 2.05) is 19.1 Å². The molecule has 2 aliphatic rings. The predicted molar refractivity (Wildman–Crippen MR) is 129 cm³/mol. The zero-order valence-corrected chi connectivity index (χ0v) is 19.9. The fourth-order valence-corrected chi connectivity index (χ4v) is 5.63. The maximum Gasteiger partial charge on any atom is 0.165 e. The minimum Gasteiger partial charge on any atom is -0.491 e. The quantitative estimate of drug-likeness (QED) is 0.446. The van der Waals surface area contributed by atoms with E-state index in [4.69, 9.17) is 4.74 Å². The van der Waals surface area contributed by atoms with Crippen molar-refractivity contribution in [1.82, 2.24) is 0 Å². The molecule has 0 unspecified atom stereocenters. The van der Waals surface area contributed by atoms with Crippen LogP contribution in [0, 0.1) is 29.3 Å². The molecule has 0 atom stereocenters. The van der Waals surface area contributed by atoms with Crippen molar-refractivity contribution in [1.29, 1.82) is 0 Å². The fourth-order valence-electron chi connectivity index (χ4n) is 5.63. The topological polar surface area (TPSA) is 29.5 Å². The van der Waals surface area contributed by atoms with Crippen molar-refractivity contribution < 1.29 is 23.0 Å². The summed E-state index contributed by atoms with van der Waals surface area (Å²) in [5, 5.41) is 9.32. The first-order valence-electron chi connectivity index (χ1n) is 12.7. The van der Waals surface area contributed by atoms with E-state index in [9.17, 15) is 9.50 Å². The number of halogens is 3. The Morgan fingerprint density at radius 1 is 0.853 bits per heavy atom. The van der Waals surface area contributed by atoms with Crippen LogP contribution in [0.2, 0.25) is 0 Å². The molecule has 0 saturated heterocycles. The highest BCUT2D eigenvalue weighted by atomic mass is 19.2. The lowest BCUT2D eigenvalue weighted by Crippen LogP contribution is -2.18. The second kappa shape index (κ2) is 11.4. The number of hydrogen-bond acceptors (Lipinski definition) is 2. The molecule has 2 nitrogen and oxygen atoms in total. The first-order valence-corrected chi connectivity index (χ1v) is 12.7. The second-order valence-corrected chi connectivity index (χ2v) is 9.87. The summed E-state index contributed by atoms with van der Waals surface area (Å²) >= 11 is 0. The van der Waals surface area contributed by atoms with Crippen molar-refractivity contribution >= 4 is 6.08 Å². The number of rotatable bonds is 7. The Morgan fingerprint density at radius 3 is 1.97 bits per heavy atom. The van der Waals surface area contributed by atoms with E-state index in [2.05, 4.69) is 6.08 Å². The molecule has 0 radical (unpaired) electrons. The summed E-state index contributed by atoms with van der Waals surface area (Å²) in [6.07, 6.45) is 10.8. The highest BCUT2D eigenvalue weighted by Gasteiger charge is 2.29. The molecule has 0 spiro atoms. The molecule has 34 heavy (non-hydrogen) atoms. The Morgan fingerprint density at radius 2 is 1.44 bits per heavy atom. The molecule has 1 N–H and O–H groups in total. The Labute approximate surface area is 200 Å². The Kier molecular flexibility index (Phi) is 8.36. The number of benzene rings is 2. The van der Waals surface area contributed by atoms with E-state index in [1.54, 1.807) is 18.2 Å². The van der Waals surface area contributed by atoms with Gasteiger partial charge in [-0.05, 0) is 111 Å². The van der Waals surface area contributed by atoms with Crippen LogP contribution in [0.15, 0.2) is 36.4 Å². The number of aliphatic hydroxyl groups is 1. The van der Waals surface area contributed by atoms with Crippen LogP contribution in [-0.4, -0.2) is 18.3 Å². The summed E-state index contributed by atoms with van der Waals surface area (Å²) in [5.74, 6) is -0.745. The van der Waals surface area contributed by atoms with Crippen LogP contribution in [0.4, 0.5) is 13.2 Å². The van der Waals surface area contributed by atoms with Gasteiger partial charge in [-0.25, -0.2) is 13.2 Å². The molecular formula is C29H35F3O2. The lowest BCUT2D eigenvalue weighted by Gasteiger charge is -2.30. The lowest BCUT2D eigenvalue weighted by atomic mass is 9.76. The SMILES string of the molecule is CCOc1ccc(/C=C/C2CCC(c3ccc(C4CCC(CO)CC4)c(F)c3F)CC2)cc1F. The highest BCUT2D eigenvalue weighted by molar-refractivity contribution is 5.51. The molecule has 0 heterocycles. The van der Waals surface area contributed by atoms with Crippen LogP contribution in [0.5, 0.6) is 5.75 Å². The van der Waals surface area contributed by atoms with E-state index >= 15 is 8.78 Å². The van der Waals surface area contributed by atoms with Crippen molar-refractivity contribution in [3.8, 4) is 5.75 Å². The van der Waals surface area contributed by atoms with Gasteiger partial charge in [0.2, 0.25) is 0 Å². The standard InChI is InChI=1S/C29H35F3O2/c1-2-34-27-16-9-20(17-26(27)30)4-3-19-5-10-22(11-6-19)24-14-15-25(29(32)28(24)31)23-12-7-21(18-33)8-13-23/h3-4,9,14-17,19,21-23,33H,2,5-8,10-13,18H2,1H3/b4-3+. The smallest absolute Gasteiger partial charge is 0.165 e. The molecule has 2 saturated carbocycles. The number of hydrogen-bond donors (Lipinski definition) is 1. The Hall–Kier alpha value is -2.27. The molecule has 0 aromatic heterocycles. The molecule has 2 aliphatic carbocycles. The third-order valence-corrected chi connectivity index (χ3v) is 7.72. The van der Waals surface area contributed by atoms with Crippen molar-refractivity contribution in [3.05, 3.63) is 70.5 Å². The van der Waals surface area contributed by atoms with E-state index in [0.717, 1.165) is 56.9 Å². The average Bonchev–Trinajstić information content (AvgIpc) is 2.86. The zero-order chi connectivity index (χ0) is 24.1. The fraction of sp³-hybridized carbons (Fsp3) is 0.517. The maximum atomic E-state index is 15.1. The largest absolute Gasteiger partial charge is 0.491 e. The maximum absolute atomic E-state index is 15.1.